The van der Waals surface area contributed by atoms with Gasteiger partial charge in [-0.1, -0.05) is 37.3 Å². The van der Waals surface area contributed by atoms with Crippen LogP contribution >= 0.6 is 0 Å². The molecular weight excluding hydrogens is 354 g/mol. The first kappa shape index (κ1) is 19.7. The predicted molar refractivity (Wildman–Crippen MR) is 109 cm³/mol. The van der Waals surface area contributed by atoms with Gasteiger partial charge in [-0.15, -0.1) is 0 Å². The lowest BCUT2D eigenvalue weighted by Gasteiger charge is -2.16. The smallest absolute Gasteiger partial charge is 0.311 e. The van der Waals surface area contributed by atoms with E-state index < -0.39 is 12.1 Å². The van der Waals surface area contributed by atoms with Gasteiger partial charge in [0.25, 0.3) is 5.91 Å². The third-order valence-electron chi connectivity index (χ3n) is 4.87. The van der Waals surface area contributed by atoms with Crippen LogP contribution in [0.15, 0.2) is 47.1 Å². The number of carbonyl (C=O) groups excluding carboxylic acids is 2. The van der Waals surface area contributed by atoms with Crippen molar-refractivity contribution in [3.05, 3.63) is 64.9 Å². The highest BCUT2D eigenvalue weighted by Crippen LogP contribution is 2.24. The highest BCUT2D eigenvalue weighted by Gasteiger charge is 2.20. The van der Waals surface area contributed by atoms with E-state index in [0.717, 1.165) is 39.8 Å². The average molecular weight is 379 g/mol. The van der Waals surface area contributed by atoms with Gasteiger partial charge in [0.2, 0.25) is 0 Å². The summed E-state index contributed by atoms with van der Waals surface area (Å²) in [6, 6.07) is 11.7. The minimum Gasteiger partial charge on any atom is -0.464 e. The molecule has 0 saturated carbocycles. The maximum absolute atomic E-state index is 12.4. The van der Waals surface area contributed by atoms with Crippen LogP contribution in [0.2, 0.25) is 0 Å². The van der Waals surface area contributed by atoms with Gasteiger partial charge >= 0.3 is 5.97 Å². The Labute approximate surface area is 164 Å². The van der Waals surface area contributed by atoms with Crippen molar-refractivity contribution in [2.24, 2.45) is 0 Å². The number of rotatable bonds is 6. The van der Waals surface area contributed by atoms with Gasteiger partial charge in [0.1, 0.15) is 5.58 Å². The highest BCUT2D eigenvalue weighted by atomic mass is 16.5. The summed E-state index contributed by atoms with van der Waals surface area (Å²) >= 11 is 0. The molecule has 0 aliphatic heterocycles. The molecule has 146 valence electrons. The average Bonchev–Trinajstić information content (AvgIpc) is 3.06. The first-order valence-corrected chi connectivity index (χ1v) is 9.44. The molecule has 0 aliphatic rings. The number of amides is 1. The summed E-state index contributed by atoms with van der Waals surface area (Å²) in [5, 5.41) is 3.74. The lowest BCUT2D eigenvalue weighted by molar-refractivity contribution is -0.152. The molecule has 1 amide bonds. The van der Waals surface area contributed by atoms with Gasteiger partial charge in [-0.05, 0) is 49.9 Å². The van der Waals surface area contributed by atoms with E-state index in [1.54, 1.807) is 13.2 Å². The number of furan rings is 1. The number of fused-ring (bicyclic) bond motifs is 1. The summed E-state index contributed by atoms with van der Waals surface area (Å²) < 4.78 is 10.9. The number of hydrogen-bond acceptors (Lipinski definition) is 4. The summed E-state index contributed by atoms with van der Waals surface area (Å²) in [7, 11) is 0. The number of aryl methyl sites for hydroxylation is 3. The Kier molecular flexibility index (Phi) is 5.83. The van der Waals surface area contributed by atoms with Crippen molar-refractivity contribution in [2.45, 2.75) is 46.6 Å². The number of carbonyl (C=O) groups is 2. The Morgan fingerprint density at radius 2 is 1.86 bits per heavy atom. The zero-order valence-corrected chi connectivity index (χ0v) is 16.7. The number of ether oxygens (including phenoxy) is 1. The van der Waals surface area contributed by atoms with Crippen molar-refractivity contribution in [1.29, 1.82) is 0 Å². The van der Waals surface area contributed by atoms with E-state index in [0.29, 0.717) is 0 Å². The van der Waals surface area contributed by atoms with Gasteiger partial charge in [-0.25, -0.2) is 0 Å². The van der Waals surface area contributed by atoms with Crippen LogP contribution in [0.25, 0.3) is 11.0 Å². The van der Waals surface area contributed by atoms with Crippen LogP contribution in [0.5, 0.6) is 0 Å². The Morgan fingerprint density at radius 3 is 2.54 bits per heavy atom. The van der Waals surface area contributed by atoms with E-state index in [9.17, 15) is 9.59 Å². The van der Waals surface area contributed by atoms with E-state index in [-0.39, 0.29) is 12.3 Å². The number of esters is 1. The first-order valence-electron chi connectivity index (χ1n) is 9.44. The van der Waals surface area contributed by atoms with Gasteiger partial charge in [0.05, 0.1) is 12.7 Å². The second kappa shape index (κ2) is 8.30. The van der Waals surface area contributed by atoms with Crippen molar-refractivity contribution in [3.8, 4) is 0 Å². The topological polar surface area (TPSA) is 68.5 Å². The van der Waals surface area contributed by atoms with Gasteiger partial charge < -0.3 is 14.5 Å². The molecule has 0 unspecified atom stereocenters. The molecule has 1 atom stereocenters. The lowest BCUT2D eigenvalue weighted by Crippen LogP contribution is -2.31. The van der Waals surface area contributed by atoms with E-state index in [1.807, 2.05) is 50.2 Å². The monoisotopic (exact) mass is 379 g/mol. The minimum absolute atomic E-state index is 0.0550. The van der Waals surface area contributed by atoms with Crippen LogP contribution in [0.3, 0.4) is 0 Å². The predicted octanol–water partition coefficient (Wildman–Crippen LogP) is 4.72. The fraction of sp³-hybridized carbons (Fsp3) is 0.304. The molecule has 0 radical (unpaired) electrons. The molecule has 0 bridgehead atoms. The minimum atomic E-state index is -0.892. The van der Waals surface area contributed by atoms with Crippen LogP contribution in [0.1, 0.15) is 36.1 Å². The van der Waals surface area contributed by atoms with Crippen molar-refractivity contribution < 1.29 is 18.7 Å². The number of benzene rings is 2. The molecule has 2 aromatic carbocycles. The fourth-order valence-corrected chi connectivity index (χ4v) is 3.17. The van der Waals surface area contributed by atoms with Gasteiger partial charge in [0, 0.05) is 16.6 Å². The van der Waals surface area contributed by atoms with Crippen molar-refractivity contribution in [3.63, 3.8) is 0 Å². The lowest BCUT2D eigenvalue weighted by atomic mass is 10.1. The molecule has 28 heavy (non-hydrogen) atoms. The number of anilines is 1. The zero-order valence-electron chi connectivity index (χ0n) is 16.7. The van der Waals surface area contributed by atoms with E-state index in [4.69, 9.17) is 9.15 Å². The van der Waals surface area contributed by atoms with Crippen LogP contribution in [0, 0.1) is 13.8 Å². The van der Waals surface area contributed by atoms with E-state index >= 15 is 0 Å². The van der Waals surface area contributed by atoms with Crippen molar-refractivity contribution in [1.82, 2.24) is 0 Å². The third-order valence-corrected chi connectivity index (χ3v) is 4.87. The van der Waals surface area contributed by atoms with Gasteiger partial charge in [0.15, 0.2) is 6.10 Å². The molecule has 0 saturated heterocycles. The van der Waals surface area contributed by atoms with Gasteiger partial charge in [-0.2, -0.15) is 0 Å². The fourth-order valence-electron chi connectivity index (χ4n) is 3.17. The molecular formula is C23H25NO4. The highest BCUT2D eigenvalue weighted by molar-refractivity contribution is 5.96. The van der Waals surface area contributed by atoms with E-state index in [2.05, 4.69) is 12.2 Å². The Hall–Kier alpha value is -3.08. The molecule has 1 heterocycles. The Morgan fingerprint density at radius 1 is 1.14 bits per heavy atom. The quantitative estimate of drug-likeness (QED) is 0.629. The standard InChI is InChI=1S/C23H25NO4/c1-5-17-9-10-19-18(13-27-20(19)11-17)12-21(25)28-16(4)23(26)24-22-14(2)7-6-8-15(22)3/h6-11,13,16H,5,12H2,1-4H3,(H,24,26)/t16-/m0/s1. The SMILES string of the molecule is CCc1ccc2c(CC(=O)O[C@@H](C)C(=O)Nc3c(C)cccc3C)coc2c1. The molecule has 5 nitrogen and oxygen atoms in total. The molecule has 3 aromatic rings. The second-order valence-corrected chi connectivity index (χ2v) is 7.01. The van der Waals surface area contributed by atoms with Crippen LogP contribution in [-0.2, 0) is 27.2 Å². The van der Waals surface area contributed by atoms with Crippen molar-refractivity contribution in [2.75, 3.05) is 5.32 Å². The Balaban J connectivity index is 1.63. The molecule has 1 N–H and O–H groups in total. The number of nitrogens with one attached hydrogen (secondary N) is 1. The summed E-state index contributed by atoms with van der Waals surface area (Å²) in [6.45, 7) is 7.50. The van der Waals surface area contributed by atoms with Crippen LogP contribution < -0.4 is 5.32 Å². The van der Waals surface area contributed by atoms with Crippen molar-refractivity contribution >= 4 is 28.5 Å². The summed E-state index contributed by atoms with van der Waals surface area (Å²) in [6.07, 6.45) is 1.66. The Bertz CT molecular complexity index is 998. The number of para-hydroxylation sites is 1. The first-order chi connectivity index (χ1) is 13.4. The van der Waals surface area contributed by atoms with Gasteiger partial charge in [-0.3, -0.25) is 9.59 Å². The number of hydrogen-bond donors (Lipinski definition) is 1. The third kappa shape index (κ3) is 4.25. The molecule has 5 heteroatoms. The van der Waals surface area contributed by atoms with Crippen LogP contribution in [0.4, 0.5) is 5.69 Å². The molecule has 0 spiro atoms. The summed E-state index contributed by atoms with van der Waals surface area (Å²) in [4.78, 5) is 24.8. The summed E-state index contributed by atoms with van der Waals surface area (Å²) in [5.41, 5.74) is 5.36. The normalized spacial score (nSPS) is 12.0. The van der Waals surface area contributed by atoms with E-state index in [1.165, 1.54) is 5.56 Å². The maximum atomic E-state index is 12.4. The summed E-state index contributed by atoms with van der Waals surface area (Å²) in [5.74, 6) is -0.818. The maximum Gasteiger partial charge on any atom is 0.311 e. The largest absolute Gasteiger partial charge is 0.464 e. The molecule has 0 aliphatic carbocycles. The molecule has 1 aromatic heterocycles. The second-order valence-electron chi connectivity index (χ2n) is 7.01. The van der Waals surface area contributed by atoms with Crippen LogP contribution in [-0.4, -0.2) is 18.0 Å². The molecule has 3 rings (SSSR count). The zero-order chi connectivity index (χ0) is 20.3. The molecule has 0 fully saturated rings.